The summed E-state index contributed by atoms with van der Waals surface area (Å²) in [4.78, 5) is 4.50. The summed E-state index contributed by atoms with van der Waals surface area (Å²) in [5.41, 5.74) is 7.02. The van der Waals surface area contributed by atoms with Crippen molar-refractivity contribution >= 4 is 11.3 Å². The van der Waals surface area contributed by atoms with Crippen LogP contribution >= 0.6 is 11.3 Å². The molecule has 18 heavy (non-hydrogen) atoms. The predicted octanol–water partition coefficient (Wildman–Crippen LogP) is 3.48. The number of halogens is 1. The first-order valence-corrected chi connectivity index (χ1v) is 6.79. The molecule has 2 rings (SSSR count). The fourth-order valence-corrected chi connectivity index (χ4v) is 2.72. The average Bonchev–Trinajstić information content (AvgIpc) is 2.77. The van der Waals surface area contributed by atoms with Gasteiger partial charge in [0, 0.05) is 17.4 Å². The number of hydrogen-bond acceptors (Lipinski definition) is 3. The molecule has 1 aromatic heterocycles. The van der Waals surface area contributed by atoms with Crippen molar-refractivity contribution in [2.45, 2.75) is 20.3 Å². The van der Waals surface area contributed by atoms with Gasteiger partial charge >= 0.3 is 0 Å². The second-order valence-corrected chi connectivity index (χ2v) is 6.09. The van der Waals surface area contributed by atoms with E-state index in [2.05, 4.69) is 18.8 Å². The van der Waals surface area contributed by atoms with Gasteiger partial charge in [0.25, 0.3) is 0 Å². The normalized spacial score (nSPS) is 11.8. The molecule has 0 bridgehead atoms. The van der Waals surface area contributed by atoms with E-state index in [-0.39, 0.29) is 11.2 Å². The molecule has 0 unspecified atom stereocenters. The van der Waals surface area contributed by atoms with Crippen LogP contribution in [0.15, 0.2) is 29.6 Å². The van der Waals surface area contributed by atoms with E-state index in [9.17, 15) is 4.39 Å². The van der Waals surface area contributed by atoms with E-state index in [1.54, 1.807) is 23.5 Å². The molecule has 1 aromatic carbocycles. The standard InChI is InChI=1S/C14H17FN2S/c1-14(2,9-16)7-13-17-12(8-18-13)10-5-3-4-6-11(10)15/h3-6,8H,7,9,16H2,1-2H3. The lowest BCUT2D eigenvalue weighted by Gasteiger charge is -2.20. The first kappa shape index (κ1) is 13.2. The number of rotatable bonds is 4. The zero-order chi connectivity index (χ0) is 13.2. The van der Waals surface area contributed by atoms with Crippen molar-refractivity contribution < 1.29 is 4.39 Å². The highest BCUT2D eigenvalue weighted by Gasteiger charge is 2.19. The smallest absolute Gasteiger partial charge is 0.132 e. The van der Waals surface area contributed by atoms with Crippen LogP contribution in [0.2, 0.25) is 0 Å². The number of hydrogen-bond donors (Lipinski definition) is 1. The van der Waals surface area contributed by atoms with Crippen molar-refractivity contribution in [3.63, 3.8) is 0 Å². The molecule has 4 heteroatoms. The Kier molecular flexibility index (Phi) is 3.78. The first-order chi connectivity index (χ1) is 8.52. The maximum atomic E-state index is 13.6. The molecule has 0 atom stereocenters. The highest BCUT2D eigenvalue weighted by Crippen LogP contribution is 2.28. The third-order valence-electron chi connectivity index (χ3n) is 2.88. The van der Waals surface area contributed by atoms with Crippen molar-refractivity contribution in [1.29, 1.82) is 0 Å². The van der Waals surface area contributed by atoms with Gasteiger partial charge in [0.05, 0.1) is 10.7 Å². The molecule has 0 saturated heterocycles. The largest absolute Gasteiger partial charge is 0.330 e. The van der Waals surface area contributed by atoms with Crippen LogP contribution in [0.3, 0.4) is 0 Å². The van der Waals surface area contributed by atoms with Gasteiger partial charge in [-0.25, -0.2) is 9.37 Å². The molecule has 1 heterocycles. The van der Waals surface area contributed by atoms with Crippen LogP contribution in [0, 0.1) is 11.2 Å². The third kappa shape index (κ3) is 2.94. The van der Waals surface area contributed by atoms with Crippen molar-refractivity contribution in [3.8, 4) is 11.3 Å². The monoisotopic (exact) mass is 264 g/mol. The number of nitrogens with two attached hydrogens (primary N) is 1. The predicted molar refractivity (Wildman–Crippen MR) is 74.0 cm³/mol. The SMILES string of the molecule is CC(C)(CN)Cc1nc(-c2ccccc2F)cs1. The summed E-state index contributed by atoms with van der Waals surface area (Å²) in [6, 6.07) is 6.71. The molecule has 2 nitrogen and oxygen atoms in total. The van der Waals surface area contributed by atoms with Gasteiger partial charge in [-0.2, -0.15) is 0 Å². The van der Waals surface area contributed by atoms with E-state index in [4.69, 9.17) is 5.73 Å². The van der Waals surface area contributed by atoms with Crippen molar-refractivity contribution in [2.24, 2.45) is 11.1 Å². The number of benzene rings is 1. The van der Waals surface area contributed by atoms with Gasteiger partial charge in [-0.3, -0.25) is 0 Å². The molecular formula is C14H17FN2S. The second-order valence-electron chi connectivity index (χ2n) is 5.15. The van der Waals surface area contributed by atoms with Gasteiger partial charge in [-0.1, -0.05) is 26.0 Å². The average molecular weight is 264 g/mol. The molecule has 0 aliphatic rings. The summed E-state index contributed by atoms with van der Waals surface area (Å²) >= 11 is 1.56. The molecule has 0 saturated carbocycles. The second kappa shape index (κ2) is 5.16. The maximum absolute atomic E-state index is 13.6. The molecule has 2 aromatic rings. The molecule has 96 valence electrons. The summed E-state index contributed by atoms with van der Waals surface area (Å²) in [5, 5.41) is 2.91. The van der Waals surface area contributed by atoms with Gasteiger partial charge < -0.3 is 5.73 Å². The van der Waals surface area contributed by atoms with Crippen LogP contribution < -0.4 is 5.73 Å². The summed E-state index contributed by atoms with van der Waals surface area (Å²) in [7, 11) is 0. The van der Waals surface area contributed by atoms with Crippen LogP contribution in [0.5, 0.6) is 0 Å². The van der Waals surface area contributed by atoms with Crippen LogP contribution in [0.1, 0.15) is 18.9 Å². The molecule has 0 fully saturated rings. The summed E-state index contributed by atoms with van der Waals surface area (Å²) in [5.74, 6) is -0.229. The lowest BCUT2D eigenvalue weighted by atomic mass is 9.90. The van der Waals surface area contributed by atoms with Gasteiger partial charge in [-0.05, 0) is 24.1 Å². The Bertz CT molecular complexity index is 534. The molecule has 0 spiro atoms. The Labute approximate surface area is 111 Å². The van der Waals surface area contributed by atoms with Crippen LogP contribution in [-0.2, 0) is 6.42 Å². The molecule has 0 aliphatic heterocycles. The van der Waals surface area contributed by atoms with Crippen molar-refractivity contribution in [1.82, 2.24) is 4.98 Å². The van der Waals surface area contributed by atoms with E-state index >= 15 is 0 Å². The van der Waals surface area contributed by atoms with E-state index < -0.39 is 0 Å². The van der Waals surface area contributed by atoms with Crippen molar-refractivity contribution in [3.05, 3.63) is 40.5 Å². The zero-order valence-corrected chi connectivity index (χ0v) is 11.4. The highest BCUT2D eigenvalue weighted by molar-refractivity contribution is 7.09. The van der Waals surface area contributed by atoms with Gasteiger partial charge in [0.15, 0.2) is 0 Å². The van der Waals surface area contributed by atoms with E-state index in [1.165, 1.54) is 6.07 Å². The first-order valence-electron chi connectivity index (χ1n) is 5.91. The maximum Gasteiger partial charge on any atom is 0.132 e. The van der Waals surface area contributed by atoms with Crippen LogP contribution in [0.4, 0.5) is 4.39 Å². The Balaban J connectivity index is 2.24. The molecule has 0 radical (unpaired) electrons. The van der Waals surface area contributed by atoms with Crippen molar-refractivity contribution in [2.75, 3.05) is 6.54 Å². The minimum Gasteiger partial charge on any atom is -0.330 e. The Hall–Kier alpha value is -1.26. The molecule has 2 N–H and O–H groups in total. The molecule has 0 aliphatic carbocycles. The lowest BCUT2D eigenvalue weighted by Crippen LogP contribution is -2.25. The van der Waals surface area contributed by atoms with Crippen LogP contribution in [0.25, 0.3) is 11.3 Å². The topological polar surface area (TPSA) is 38.9 Å². The number of nitrogens with zero attached hydrogens (tertiary/aromatic N) is 1. The molecular weight excluding hydrogens is 247 g/mol. The van der Waals surface area contributed by atoms with Gasteiger partial charge in [0.1, 0.15) is 5.82 Å². The fourth-order valence-electron chi connectivity index (χ4n) is 1.67. The number of aromatic nitrogens is 1. The van der Waals surface area contributed by atoms with Crippen LogP contribution in [-0.4, -0.2) is 11.5 Å². The Morgan fingerprint density at radius 2 is 2.06 bits per heavy atom. The number of thiazole rings is 1. The van der Waals surface area contributed by atoms with E-state index in [1.807, 2.05) is 11.4 Å². The van der Waals surface area contributed by atoms with Gasteiger partial charge in [0.2, 0.25) is 0 Å². The minimum absolute atomic E-state index is 0.0321. The Morgan fingerprint density at radius 1 is 1.33 bits per heavy atom. The third-order valence-corrected chi connectivity index (χ3v) is 3.73. The summed E-state index contributed by atoms with van der Waals surface area (Å²) < 4.78 is 13.6. The Morgan fingerprint density at radius 3 is 2.72 bits per heavy atom. The fraction of sp³-hybridized carbons (Fsp3) is 0.357. The van der Waals surface area contributed by atoms with E-state index in [0.717, 1.165) is 11.4 Å². The minimum atomic E-state index is -0.229. The zero-order valence-electron chi connectivity index (χ0n) is 10.6. The summed E-state index contributed by atoms with van der Waals surface area (Å²) in [6.07, 6.45) is 0.822. The van der Waals surface area contributed by atoms with Gasteiger partial charge in [-0.15, -0.1) is 11.3 Å². The summed E-state index contributed by atoms with van der Waals surface area (Å²) in [6.45, 7) is 4.83. The quantitative estimate of drug-likeness (QED) is 0.918. The highest BCUT2D eigenvalue weighted by atomic mass is 32.1. The lowest BCUT2D eigenvalue weighted by molar-refractivity contribution is 0.376. The molecule has 0 amide bonds. The van der Waals surface area contributed by atoms with E-state index in [0.29, 0.717) is 17.8 Å².